The van der Waals surface area contributed by atoms with Crippen LogP contribution in [0.3, 0.4) is 0 Å². The number of carboxylic acids is 1. The van der Waals surface area contributed by atoms with Gasteiger partial charge in [0.2, 0.25) is 0 Å². The normalized spacial score (nSPS) is 15.9. The maximum Gasteiger partial charge on any atom is 0.310 e. The Balaban J connectivity index is 3.44. The van der Waals surface area contributed by atoms with Crippen LogP contribution in [0.4, 0.5) is 4.39 Å². The van der Waals surface area contributed by atoms with E-state index in [4.69, 9.17) is 4.74 Å². The highest BCUT2D eigenvalue weighted by Crippen LogP contribution is 2.40. The number of halogens is 1. The fraction of sp³-hybridized carbons (Fsp3) is 0.500. The first-order valence-electron chi connectivity index (χ1n) is 6.01. The number of carbonyl (C=O) groups is 1. The first kappa shape index (κ1) is 15.4. The minimum Gasteiger partial charge on any atom is -0.496 e. The summed E-state index contributed by atoms with van der Waals surface area (Å²) in [6, 6.07) is 4.11. The molecule has 0 heterocycles. The maximum atomic E-state index is 14.0. The second-order valence-electron chi connectivity index (χ2n) is 5.02. The van der Waals surface area contributed by atoms with Crippen LogP contribution in [-0.2, 0) is 10.4 Å². The first-order chi connectivity index (χ1) is 8.73. The molecule has 106 valence electrons. The van der Waals surface area contributed by atoms with Crippen molar-refractivity contribution in [1.82, 2.24) is 0 Å². The summed E-state index contributed by atoms with van der Waals surface area (Å²) in [4.78, 5) is 11.3. The van der Waals surface area contributed by atoms with E-state index in [-0.39, 0.29) is 17.2 Å². The van der Waals surface area contributed by atoms with Gasteiger partial charge in [0.05, 0.1) is 18.6 Å². The summed E-state index contributed by atoms with van der Waals surface area (Å²) in [6.07, 6.45) is 0. The zero-order valence-electron chi connectivity index (χ0n) is 11.5. The number of rotatable bonds is 5. The van der Waals surface area contributed by atoms with Gasteiger partial charge in [-0.25, -0.2) is 4.39 Å². The second kappa shape index (κ2) is 5.57. The van der Waals surface area contributed by atoms with Gasteiger partial charge in [-0.05, 0) is 25.0 Å². The fourth-order valence-corrected chi connectivity index (χ4v) is 2.50. The number of ether oxygens (including phenoxy) is 1. The molecule has 0 aromatic heterocycles. The molecule has 0 fully saturated rings. The Labute approximate surface area is 111 Å². The van der Waals surface area contributed by atoms with Crippen LogP contribution >= 0.6 is 0 Å². The Morgan fingerprint density at radius 1 is 1.42 bits per heavy atom. The van der Waals surface area contributed by atoms with Gasteiger partial charge in [0.1, 0.15) is 17.2 Å². The van der Waals surface area contributed by atoms with Crippen molar-refractivity contribution >= 4 is 5.97 Å². The SMILES string of the molecule is COc1cccc(F)c1C(C)(O)C(C(=O)O)C(C)C. The summed E-state index contributed by atoms with van der Waals surface area (Å²) in [6.45, 7) is 4.63. The van der Waals surface area contributed by atoms with Gasteiger partial charge in [-0.1, -0.05) is 19.9 Å². The van der Waals surface area contributed by atoms with E-state index in [2.05, 4.69) is 0 Å². The van der Waals surface area contributed by atoms with Crippen LogP contribution in [0.25, 0.3) is 0 Å². The molecule has 1 aromatic carbocycles. The van der Waals surface area contributed by atoms with Gasteiger partial charge in [-0.3, -0.25) is 4.79 Å². The molecular weight excluding hydrogens is 251 g/mol. The van der Waals surface area contributed by atoms with E-state index in [0.717, 1.165) is 0 Å². The van der Waals surface area contributed by atoms with Crippen LogP contribution in [0.2, 0.25) is 0 Å². The van der Waals surface area contributed by atoms with Crippen LogP contribution in [0.1, 0.15) is 26.3 Å². The molecule has 5 heteroatoms. The van der Waals surface area contributed by atoms with Crippen molar-refractivity contribution < 1.29 is 24.1 Å². The van der Waals surface area contributed by atoms with E-state index < -0.39 is 23.3 Å². The summed E-state index contributed by atoms with van der Waals surface area (Å²) >= 11 is 0. The van der Waals surface area contributed by atoms with Gasteiger partial charge in [0.15, 0.2) is 0 Å². The van der Waals surface area contributed by atoms with Crippen LogP contribution in [0.5, 0.6) is 5.75 Å². The number of hydrogen-bond donors (Lipinski definition) is 2. The van der Waals surface area contributed by atoms with Crippen molar-refractivity contribution in [2.24, 2.45) is 11.8 Å². The molecule has 0 saturated heterocycles. The molecule has 4 nitrogen and oxygen atoms in total. The fourth-order valence-electron chi connectivity index (χ4n) is 2.50. The lowest BCUT2D eigenvalue weighted by molar-refractivity contribution is -0.155. The largest absolute Gasteiger partial charge is 0.496 e. The lowest BCUT2D eigenvalue weighted by Crippen LogP contribution is -2.41. The lowest BCUT2D eigenvalue weighted by atomic mass is 9.76. The average Bonchev–Trinajstić information content (AvgIpc) is 2.26. The van der Waals surface area contributed by atoms with Crippen LogP contribution in [0.15, 0.2) is 18.2 Å². The van der Waals surface area contributed by atoms with E-state index in [1.54, 1.807) is 13.8 Å². The molecule has 1 rings (SSSR count). The molecule has 0 spiro atoms. The number of benzene rings is 1. The summed E-state index contributed by atoms with van der Waals surface area (Å²) < 4.78 is 19.0. The number of methoxy groups -OCH3 is 1. The Kier molecular flexibility index (Phi) is 4.52. The number of aliphatic hydroxyl groups is 1. The van der Waals surface area contributed by atoms with Gasteiger partial charge in [0, 0.05) is 0 Å². The minimum atomic E-state index is -1.86. The Morgan fingerprint density at radius 3 is 2.42 bits per heavy atom. The van der Waals surface area contributed by atoms with Gasteiger partial charge in [-0.15, -0.1) is 0 Å². The van der Waals surface area contributed by atoms with Crippen molar-refractivity contribution in [1.29, 1.82) is 0 Å². The standard InChI is InChI=1S/C14H19FO4/c1-8(2)11(13(16)17)14(3,18)12-9(15)6-5-7-10(12)19-4/h5-8,11,18H,1-4H3,(H,16,17). The summed E-state index contributed by atoms with van der Waals surface area (Å²) in [5, 5.41) is 19.9. The van der Waals surface area contributed by atoms with E-state index in [9.17, 15) is 19.4 Å². The highest BCUT2D eigenvalue weighted by molar-refractivity contribution is 5.72. The highest BCUT2D eigenvalue weighted by atomic mass is 19.1. The predicted molar refractivity (Wildman–Crippen MR) is 68.5 cm³/mol. The highest BCUT2D eigenvalue weighted by Gasteiger charge is 2.44. The third kappa shape index (κ3) is 2.87. The molecule has 0 amide bonds. The van der Waals surface area contributed by atoms with E-state index in [1.807, 2.05) is 0 Å². The van der Waals surface area contributed by atoms with Gasteiger partial charge >= 0.3 is 5.97 Å². The molecule has 0 aliphatic carbocycles. The molecule has 2 unspecified atom stereocenters. The van der Waals surface area contributed by atoms with Crippen LogP contribution in [-0.4, -0.2) is 23.3 Å². The molecule has 0 bridgehead atoms. The van der Waals surface area contributed by atoms with Crippen LogP contribution in [0, 0.1) is 17.7 Å². The summed E-state index contributed by atoms with van der Waals surface area (Å²) in [5.41, 5.74) is -1.99. The predicted octanol–water partition coefficient (Wildman–Crippen LogP) is 2.40. The minimum absolute atomic E-state index is 0.126. The van der Waals surface area contributed by atoms with Gasteiger partial charge < -0.3 is 14.9 Å². The number of hydrogen-bond acceptors (Lipinski definition) is 3. The van der Waals surface area contributed by atoms with Crippen molar-refractivity contribution in [3.63, 3.8) is 0 Å². The molecule has 2 N–H and O–H groups in total. The molecule has 19 heavy (non-hydrogen) atoms. The Morgan fingerprint density at radius 2 is 2.00 bits per heavy atom. The summed E-state index contributed by atoms with van der Waals surface area (Å²) in [7, 11) is 1.35. The smallest absolute Gasteiger partial charge is 0.310 e. The zero-order chi connectivity index (χ0) is 14.8. The van der Waals surface area contributed by atoms with Crippen molar-refractivity contribution in [2.75, 3.05) is 7.11 Å². The van der Waals surface area contributed by atoms with E-state index in [1.165, 1.54) is 32.2 Å². The van der Waals surface area contributed by atoms with Crippen LogP contribution < -0.4 is 4.74 Å². The topological polar surface area (TPSA) is 66.8 Å². The first-order valence-corrected chi connectivity index (χ1v) is 6.01. The molecular formula is C14H19FO4. The van der Waals surface area contributed by atoms with Crippen molar-refractivity contribution in [3.05, 3.63) is 29.6 Å². The Bertz CT molecular complexity index is 469. The third-order valence-electron chi connectivity index (χ3n) is 3.24. The van der Waals surface area contributed by atoms with E-state index in [0.29, 0.717) is 0 Å². The lowest BCUT2D eigenvalue weighted by Gasteiger charge is -2.34. The number of aliphatic carboxylic acids is 1. The monoisotopic (exact) mass is 270 g/mol. The third-order valence-corrected chi connectivity index (χ3v) is 3.24. The summed E-state index contributed by atoms with van der Waals surface area (Å²) in [5.74, 6) is -3.23. The molecule has 0 saturated carbocycles. The second-order valence-corrected chi connectivity index (χ2v) is 5.02. The van der Waals surface area contributed by atoms with Gasteiger partial charge in [-0.2, -0.15) is 0 Å². The number of carboxylic acid groups (broad SMARTS) is 1. The maximum absolute atomic E-state index is 14.0. The molecule has 0 radical (unpaired) electrons. The van der Waals surface area contributed by atoms with Crippen molar-refractivity contribution in [2.45, 2.75) is 26.4 Å². The molecule has 2 atom stereocenters. The Hall–Kier alpha value is -1.62. The quantitative estimate of drug-likeness (QED) is 0.862. The van der Waals surface area contributed by atoms with Crippen molar-refractivity contribution in [3.8, 4) is 5.75 Å². The average molecular weight is 270 g/mol. The molecule has 0 aliphatic rings. The molecule has 0 aliphatic heterocycles. The van der Waals surface area contributed by atoms with E-state index >= 15 is 0 Å². The molecule has 1 aromatic rings. The zero-order valence-corrected chi connectivity index (χ0v) is 11.5. The van der Waals surface area contributed by atoms with Gasteiger partial charge in [0.25, 0.3) is 0 Å².